The molecule has 1 amide bonds. The molecule has 0 radical (unpaired) electrons. The molecule has 0 bridgehead atoms. The van der Waals surface area contributed by atoms with Gasteiger partial charge in [0.1, 0.15) is 5.82 Å². The number of halogens is 1. The van der Waals surface area contributed by atoms with Crippen molar-refractivity contribution in [2.45, 2.75) is 33.4 Å². The topological polar surface area (TPSA) is 65.4 Å². The van der Waals surface area contributed by atoms with Gasteiger partial charge in [-0.2, -0.15) is 0 Å². The summed E-state index contributed by atoms with van der Waals surface area (Å²) in [5.74, 6) is 1.76. The van der Waals surface area contributed by atoms with E-state index in [1.54, 1.807) is 25.3 Å². The number of hydrogen-bond acceptors (Lipinski definition) is 4. The van der Waals surface area contributed by atoms with E-state index in [2.05, 4.69) is 14.9 Å². The van der Waals surface area contributed by atoms with E-state index in [4.69, 9.17) is 21.1 Å². The number of carbonyl (C=O) groups excluding carboxylic acids is 1. The molecule has 1 heterocycles. The van der Waals surface area contributed by atoms with Crippen LogP contribution in [-0.4, -0.2) is 35.2 Å². The molecule has 0 aliphatic rings. The quantitative estimate of drug-likeness (QED) is 0.532. The van der Waals surface area contributed by atoms with Crippen LogP contribution in [0.5, 0.6) is 11.5 Å². The van der Waals surface area contributed by atoms with Gasteiger partial charge in [0.05, 0.1) is 29.3 Å². The molecule has 2 aromatic carbocycles. The summed E-state index contributed by atoms with van der Waals surface area (Å²) in [5, 5.41) is 3.34. The van der Waals surface area contributed by atoms with Gasteiger partial charge in [-0.05, 0) is 56.7 Å². The summed E-state index contributed by atoms with van der Waals surface area (Å²) in [6.45, 7) is 6.94. The van der Waals surface area contributed by atoms with Gasteiger partial charge >= 0.3 is 0 Å². The Morgan fingerprint density at radius 2 is 2.07 bits per heavy atom. The Morgan fingerprint density at radius 1 is 1.30 bits per heavy atom. The van der Waals surface area contributed by atoms with Crippen LogP contribution in [0, 0.1) is 6.92 Å². The van der Waals surface area contributed by atoms with Crippen molar-refractivity contribution in [2.24, 2.45) is 0 Å². The number of rotatable bonds is 8. The monoisotopic (exact) mass is 427 g/mol. The number of para-hydroxylation sites is 2. The fourth-order valence-electron chi connectivity index (χ4n) is 3.19. The van der Waals surface area contributed by atoms with Crippen molar-refractivity contribution in [1.29, 1.82) is 0 Å². The Kier molecular flexibility index (Phi) is 7.00. The van der Waals surface area contributed by atoms with Crippen LogP contribution < -0.4 is 14.8 Å². The standard InChI is InChI=1S/C23H26ClN3O3/c1-15(2)30-23-18(24)13-17(14-21(23)29-4)9-10-22(28)25-11-12-27-16(3)26-19-7-5-6-8-20(19)27/h5-10,13-15H,11-12H2,1-4H3,(H,25,28)/b10-9+. The minimum atomic E-state index is -0.185. The first-order valence-electron chi connectivity index (χ1n) is 9.81. The Hall–Kier alpha value is -2.99. The highest BCUT2D eigenvalue weighted by Crippen LogP contribution is 2.37. The molecule has 30 heavy (non-hydrogen) atoms. The Balaban J connectivity index is 1.62. The van der Waals surface area contributed by atoms with Crippen LogP contribution in [0.3, 0.4) is 0 Å². The molecule has 0 unspecified atom stereocenters. The second kappa shape index (κ2) is 9.67. The summed E-state index contributed by atoms with van der Waals surface area (Å²) in [6, 6.07) is 11.5. The number of nitrogens with one attached hydrogen (secondary N) is 1. The molecule has 0 saturated carbocycles. The fourth-order valence-corrected chi connectivity index (χ4v) is 3.45. The van der Waals surface area contributed by atoms with Crippen molar-refractivity contribution in [1.82, 2.24) is 14.9 Å². The highest BCUT2D eigenvalue weighted by molar-refractivity contribution is 6.32. The van der Waals surface area contributed by atoms with Gasteiger partial charge in [-0.1, -0.05) is 23.7 Å². The van der Waals surface area contributed by atoms with E-state index < -0.39 is 0 Å². The number of fused-ring (bicyclic) bond motifs is 1. The van der Waals surface area contributed by atoms with Crippen LogP contribution >= 0.6 is 11.6 Å². The van der Waals surface area contributed by atoms with Gasteiger partial charge in [0, 0.05) is 19.2 Å². The lowest BCUT2D eigenvalue weighted by atomic mass is 10.2. The largest absolute Gasteiger partial charge is 0.493 e. The Morgan fingerprint density at radius 3 is 2.80 bits per heavy atom. The first kappa shape index (κ1) is 21.7. The molecule has 0 fully saturated rings. The molecule has 1 aromatic heterocycles. The molecule has 3 rings (SSSR count). The first-order chi connectivity index (χ1) is 14.4. The number of aryl methyl sites for hydroxylation is 1. The maximum absolute atomic E-state index is 12.2. The molecule has 7 heteroatoms. The van der Waals surface area contributed by atoms with Crippen LogP contribution in [0.25, 0.3) is 17.1 Å². The van der Waals surface area contributed by atoms with Crippen molar-refractivity contribution in [3.8, 4) is 11.5 Å². The maximum atomic E-state index is 12.2. The zero-order valence-electron chi connectivity index (χ0n) is 17.6. The minimum absolute atomic E-state index is 0.0279. The van der Waals surface area contributed by atoms with Crippen molar-refractivity contribution in [3.63, 3.8) is 0 Å². The number of imidazole rings is 1. The first-order valence-corrected chi connectivity index (χ1v) is 10.2. The molecule has 6 nitrogen and oxygen atoms in total. The van der Waals surface area contributed by atoms with Crippen molar-refractivity contribution in [3.05, 3.63) is 58.9 Å². The number of methoxy groups -OCH3 is 1. The van der Waals surface area contributed by atoms with Gasteiger partial charge in [0.25, 0.3) is 0 Å². The zero-order chi connectivity index (χ0) is 21.7. The molecule has 0 saturated heterocycles. The van der Waals surface area contributed by atoms with Gasteiger partial charge in [0.15, 0.2) is 11.5 Å². The van der Waals surface area contributed by atoms with Gasteiger partial charge < -0.3 is 19.4 Å². The third kappa shape index (κ3) is 5.13. The van der Waals surface area contributed by atoms with Crippen molar-refractivity contribution >= 4 is 34.6 Å². The number of hydrogen-bond donors (Lipinski definition) is 1. The fraction of sp³-hybridized carbons (Fsp3) is 0.304. The van der Waals surface area contributed by atoms with Crippen LogP contribution in [0.4, 0.5) is 0 Å². The van der Waals surface area contributed by atoms with E-state index in [1.165, 1.54) is 6.08 Å². The van der Waals surface area contributed by atoms with Crippen LogP contribution in [0.2, 0.25) is 5.02 Å². The summed E-state index contributed by atoms with van der Waals surface area (Å²) in [5.41, 5.74) is 2.77. The number of benzene rings is 2. The molecular weight excluding hydrogens is 402 g/mol. The average molecular weight is 428 g/mol. The summed E-state index contributed by atoms with van der Waals surface area (Å²) < 4.78 is 13.2. The van der Waals surface area contributed by atoms with Crippen LogP contribution in [-0.2, 0) is 11.3 Å². The lowest BCUT2D eigenvalue weighted by Crippen LogP contribution is -2.25. The van der Waals surface area contributed by atoms with E-state index >= 15 is 0 Å². The normalized spacial score (nSPS) is 11.4. The SMILES string of the molecule is COc1cc(/C=C/C(=O)NCCn2c(C)nc3ccccc32)cc(Cl)c1OC(C)C. The predicted molar refractivity (Wildman–Crippen MR) is 120 cm³/mol. The Bertz CT molecular complexity index is 1070. The third-order valence-corrected chi connectivity index (χ3v) is 4.79. The zero-order valence-corrected chi connectivity index (χ0v) is 18.4. The molecule has 3 aromatic rings. The van der Waals surface area contributed by atoms with Crippen LogP contribution in [0.1, 0.15) is 25.2 Å². The van der Waals surface area contributed by atoms with Gasteiger partial charge in [-0.3, -0.25) is 4.79 Å². The summed E-state index contributed by atoms with van der Waals surface area (Å²) >= 11 is 6.33. The predicted octanol–water partition coefficient (Wildman–Crippen LogP) is 4.62. The van der Waals surface area contributed by atoms with E-state index in [0.717, 1.165) is 22.4 Å². The highest BCUT2D eigenvalue weighted by Gasteiger charge is 2.13. The van der Waals surface area contributed by atoms with Crippen molar-refractivity contribution in [2.75, 3.05) is 13.7 Å². The van der Waals surface area contributed by atoms with Gasteiger partial charge in [0.2, 0.25) is 5.91 Å². The number of carbonyl (C=O) groups is 1. The van der Waals surface area contributed by atoms with E-state index in [9.17, 15) is 4.79 Å². The molecule has 0 aliphatic carbocycles. The molecule has 0 atom stereocenters. The number of ether oxygens (including phenoxy) is 2. The summed E-state index contributed by atoms with van der Waals surface area (Å²) in [6.07, 6.45) is 3.15. The molecule has 158 valence electrons. The average Bonchev–Trinajstić information content (AvgIpc) is 3.03. The molecule has 0 spiro atoms. The highest BCUT2D eigenvalue weighted by atomic mass is 35.5. The van der Waals surface area contributed by atoms with Crippen LogP contribution in [0.15, 0.2) is 42.5 Å². The lowest BCUT2D eigenvalue weighted by molar-refractivity contribution is -0.116. The van der Waals surface area contributed by atoms with Gasteiger partial charge in [-0.15, -0.1) is 0 Å². The lowest BCUT2D eigenvalue weighted by Gasteiger charge is -2.15. The maximum Gasteiger partial charge on any atom is 0.244 e. The minimum Gasteiger partial charge on any atom is -0.493 e. The molecular formula is C23H26ClN3O3. The van der Waals surface area contributed by atoms with E-state index in [0.29, 0.717) is 29.6 Å². The number of nitrogens with zero attached hydrogens (tertiary/aromatic N) is 2. The van der Waals surface area contributed by atoms with Crippen molar-refractivity contribution < 1.29 is 14.3 Å². The number of amides is 1. The molecule has 1 N–H and O–H groups in total. The summed E-state index contributed by atoms with van der Waals surface area (Å²) in [4.78, 5) is 16.8. The second-order valence-electron chi connectivity index (χ2n) is 7.12. The third-order valence-electron chi connectivity index (χ3n) is 4.51. The van der Waals surface area contributed by atoms with E-state index in [-0.39, 0.29) is 12.0 Å². The number of aromatic nitrogens is 2. The van der Waals surface area contributed by atoms with E-state index in [1.807, 2.05) is 45.0 Å². The second-order valence-corrected chi connectivity index (χ2v) is 7.53. The summed E-state index contributed by atoms with van der Waals surface area (Å²) in [7, 11) is 1.56. The Labute approximate surface area is 181 Å². The molecule has 0 aliphatic heterocycles. The van der Waals surface area contributed by atoms with Gasteiger partial charge in [-0.25, -0.2) is 4.98 Å². The smallest absolute Gasteiger partial charge is 0.244 e.